The number of fused-ring (bicyclic) bond motifs is 7. The van der Waals surface area contributed by atoms with Gasteiger partial charge in [0.15, 0.2) is 0 Å². The van der Waals surface area contributed by atoms with Crippen molar-refractivity contribution in [3.63, 3.8) is 0 Å². The van der Waals surface area contributed by atoms with Crippen molar-refractivity contribution in [2.24, 2.45) is 0 Å². The van der Waals surface area contributed by atoms with E-state index in [-0.39, 0.29) is 0 Å². The summed E-state index contributed by atoms with van der Waals surface area (Å²) in [7, 11) is 0. The van der Waals surface area contributed by atoms with E-state index >= 15 is 0 Å². The molecule has 54 heavy (non-hydrogen) atoms. The molecule has 11 aromatic rings. The number of para-hydroxylation sites is 1. The minimum absolute atomic E-state index is 0.916. The fourth-order valence-corrected chi connectivity index (χ4v) is 8.22. The van der Waals surface area contributed by atoms with E-state index < -0.39 is 0 Å². The SMILES string of the molecule is c1ccc2cc(-c3cc(-c4ccc5ccccc5c4)nc(-c4ccc(-c5c6ccccc6nc6c5ccc5cccnc56)c5ccccc45)c3)ccc2c1. The molecule has 0 amide bonds. The first-order valence-corrected chi connectivity index (χ1v) is 18.3. The maximum atomic E-state index is 5.44. The monoisotopic (exact) mass is 685 g/mol. The number of aromatic nitrogens is 3. The summed E-state index contributed by atoms with van der Waals surface area (Å²) in [5.41, 5.74) is 11.5. The topological polar surface area (TPSA) is 38.7 Å². The Hall–Kier alpha value is -7.23. The third-order valence-electron chi connectivity index (χ3n) is 10.8. The first-order chi connectivity index (χ1) is 26.7. The van der Waals surface area contributed by atoms with Crippen LogP contribution in [0.5, 0.6) is 0 Å². The van der Waals surface area contributed by atoms with Crippen LogP contribution in [-0.4, -0.2) is 15.0 Å². The number of nitrogens with zero attached hydrogens (tertiary/aromatic N) is 3. The Morgan fingerprint density at radius 1 is 0.315 bits per heavy atom. The molecule has 0 atom stereocenters. The molecular formula is C51H31N3. The van der Waals surface area contributed by atoms with E-state index in [1.807, 2.05) is 12.3 Å². The van der Waals surface area contributed by atoms with Gasteiger partial charge in [-0.25, -0.2) is 9.97 Å². The van der Waals surface area contributed by atoms with Gasteiger partial charge in [-0.2, -0.15) is 0 Å². The van der Waals surface area contributed by atoms with E-state index in [2.05, 4.69) is 176 Å². The van der Waals surface area contributed by atoms with Gasteiger partial charge < -0.3 is 0 Å². The van der Waals surface area contributed by atoms with Crippen LogP contribution in [0.4, 0.5) is 0 Å². The van der Waals surface area contributed by atoms with Crippen molar-refractivity contribution in [3.05, 3.63) is 188 Å². The number of benzene rings is 8. The normalized spacial score (nSPS) is 11.7. The smallest absolute Gasteiger partial charge is 0.0978 e. The Morgan fingerprint density at radius 2 is 0.907 bits per heavy atom. The molecule has 0 aliphatic heterocycles. The van der Waals surface area contributed by atoms with Gasteiger partial charge in [-0.3, -0.25) is 4.98 Å². The summed E-state index contributed by atoms with van der Waals surface area (Å²) in [5, 5.41) is 10.5. The van der Waals surface area contributed by atoms with Crippen molar-refractivity contribution in [1.29, 1.82) is 0 Å². The molecule has 8 aromatic carbocycles. The van der Waals surface area contributed by atoms with Crippen LogP contribution < -0.4 is 0 Å². The quantitative estimate of drug-likeness (QED) is 0.137. The lowest BCUT2D eigenvalue weighted by atomic mass is 9.89. The highest BCUT2D eigenvalue weighted by molar-refractivity contribution is 6.20. The van der Waals surface area contributed by atoms with Gasteiger partial charge in [0.2, 0.25) is 0 Å². The Labute approximate surface area is 311 Å². The van der Waals surface area contributed by atoms with Crippen LogP contribution in [0.3, 0.4) is 0 Å². The molecule has 0 saturated heterocycles. The average molecular weight is 686 g/mol. The molecule has 0 fully saturated rings. The van der Waals surface area contributed by atoms with Crippen molar-refractivity contribution in [3.8, 4) is 44.8 Å². The number of rotatable bonds is 4. The van der Waals surface area contributed by atoms with E-state index in [0.29, 0.717) is 0 Å². The first-order valence-electron chi connectivity index (χ1n) is 18.3. The third-order valence-corrected chi connectivity index (χ3v) is 10.8. The van der Waals surface area contributed by atoms with Gasteiger partial charge in [0, 0.05) is 39.0 Å². The van der Waals surface area contributed by atoms with Crippen molar-refractivity contribution in [2.75, 3.05) is 0 Å². The summed E-state index contributed by atoms with van der Waals surface area (Å²) in [6, 6.07) is 65.1. The van der Waals surface area contributed by atoms with Crippen LogP contribution >= 0.6 is 0 Å². The van der Waals surface area contributed by atoms with Crippen LogP contribution in [0, 0.1) is 0 Å². The highest BCUT2D eigenvalue weighted by atomic mass is 14.7. The summed E-state index contributed by atoms with van der Waals surface area (Å²) < 4.78 is 0. The number of hydrogen-bond acceptors (Lipinski definition) is 3. The van der Waals surface area contributed by atoms with Crippen molar-refractivity contribution < 1.29 is 0 Å². The zero-order valence-electron chi connectivity index (χ0n) is 29.2. The second kappa shape index (κ2) is 12.2. The van der Waals surface area contributed by atoms with E-state index in [1.54, 1.807) is 0 Å². The Morgan fingerprint density at radius 3 is 1.70 bits per heavy atom. The molecule has 0 bridgehead atoms. The Bertz CT molecular complexity index is 3190. The standard InChI is InChI=1S/C51H31N3/c1-3-12-35-28-37(21-19-32(35)10-1)39-30-47(38-22-20-33-11-2-4-13-36(33)29-38)53-48(31-39)42-25-26-43(41-16-6-5-15-40(41)42)49-44-17-7-8-18-46(44)54-51-45(49)24-23-34-14-9-27-52-50(34)51/h1-31H. The minimum atomic E-state index is 0.916. The molecule has 3 aromatic heterocycles. The lowest BCUT2D eigenvalue weighted by Gasteiger charge is -2.17. The predicted octanol–water partition coefficient (Wildman–Crippen LogP) is 13.5. The fourth-order valence-electron chi connectivity index (χ4n) is 8.22. The molecule has 0 N–H and O–H groups in total. The lowest BCUT2D eigenvalue weighted by molar-refractivity contribution is 1.33. The molecule has 3 nitrogen and oxygen atoms in total. The van der Waals surface area contributed by atoms with Crippen LogP contribution in [0.25, 0.3) is 110 Å². The largest absolute Gasteiger partial charge is 0.254 e. The molecule has 250 valence electrons. The van der Waals surface area contributed by atoms with Gasteiger partial charge in [0.05, 0.1) is 27.9 Å². The molecule has 11 rings (SSSR count). The highest BCUT2D eigenvalue weighted by Crippen LogP contribution is 2.43. The maximum Gasteiger partial charge on any atom is 0.0978 e. The Kier molecular flexibility index (Phi) is 6.86. The van der Waals surface area contributed by atoms with Crippen LogP contribution in [0.2, 0.25) is 0 Å². The summed E-state index contributed by atoms with van der Waals surface area (Å²) in [5.74, 6) is 0. The molecule has 0 unspecified atom stereocenters. The summed E-state index contributed by atoms with van der Waals surface area (Å²) in [6.07, 6.45) is 1.85. The number of hydrogen-bond donors (Lipinski definition) is 0. The first kappa shape index (κ1) is 30.4. The Balaban J connectivity index is 1.17. The van der Waals surface area contributed by atoms with Gasteiger partial charge in [0.25, 0.3) is 0 Å². The van der Waals surface area contributed by atoms with Crippen molar-refractivity contribution >= 4 is 65.0 Å². The van der Waals surface area contributed by atoms with E-state index in [4.69, 9.17) is 15.0 Å². The zero-order chi connectivity index (χ0) is 35.6. The number of pyridine rings is 3. The van der Waals surface area contributed by atoms with Gasteiger partial charge >= 0.3 is 0 Å². The molecule has 0 aliphatic rings. The van der Waals surface area contributed by atoms with Crippen molar-refractivity contribution in [2.45, 2.75) is 0 Å². The summed E-state index contributed by atoms with van der Waals surface area (Å²) in [6.45, 7) is 0. The molecule has 3 heterocycles. The minimum Gasteiger partial charge on any atom is -0.254 e. The van der Waals surface area contributed by atoms with Gasteiger partial charge in [-0.05, 0) is 85.4 Å². The van der Waals surface area contributed by atoms with E-state index in [9.17, 15) is 0 Å². The summed E-state index contributed by atoms with van der Waals surface area (Å²) in [4.78, 5) is 15.4. The maximum absolute atomic E-state index is 5.44. The lowest BCUT2D eigenvalue weighted by Crippen LogP contribution is -1.95. The molecular weight excluding hydrogens is 655 g/mol. The summed E-state index contributed by atoms with van der Waals surface area (Å²) >= 11 is 0. The third kappa shape index (κ3) is 4.94. The molecule has 0 saturated carbocycles. The van der Waals surface area contributed by atoms with E-state index in [1.165, 1.54) is 32.5 Å². The molecule has 0 radical (unpaired) electrons. The molecule has 0 spiro atoms. The van der Waals surface area contributed by atoms with Crippen molar-refractivity contribution in [1.82, 2.24) is 15.0 Å². The second-order valence-corrected chi connectivity index (χ2v) is 14.0. The fraction of sp³-hybridized carbons (Fsp3) is 0. The predicted molar refractivity (Wildman–Crippen MR) is 227 cm³/mol. The molecule has 3 heteroatoms. The van der Waals surface area contributed by atoms with Crippen LogP contribution in [-0.2, 0) is 0 Å². The van der Waals surface area contributed by atoms with Gasteiger partial charge in [-0.15, -0.1) is 0 Å². The average Bonchev–Trinajstić information content (AvgIpc) is 3.24. The highest BCUT2D eigenvalue weighted by Gasteiger charge is 2.19. The van der Waals surface area contributed by atoms with E-state index in [0.717, 1.165) is 77.3 Å². The molecule has 0 aliphatic carbocycles. The van der Waals surface area contributed by atoms with Gasteiger partial charge in [0.1, 0.15) is 0 Å². The zero-order valence-corrected chi connectivity index (χ0v) is 29.2. The van der Waals surface area contributed by atoms with Crippen LogP contribution in [0.15, 0.2) is 188 Å². The van der Waals surface area contributed by atoms with Crippen LogP contribution in [0.1, 0.15) is 0 Å². The second-order valence-electron chi connectivity index (χ2n) is 14.0. The van der Waals surface area contributed by atoms with Gasteiger partial charge in [-0.1, -0.05) is 146 Å².